The van der Waals surface area contributed by atoms with Gasteiger partial charge in [-0.05, 0) is 26.6 Å². The number of carbonyl (C=O) groups excluding carboxylic acids is 2. The number of nitrogens with one attached hydrogen (secondary N) is 4. The quantitative estimate of drug-likeness (QED) is 0.0241. The van der Waals surface area contributed by atoms with Crippen LogP contribution < -0.4 is 27.4 Å². The average molecular weight is 645 g/mol. The molecule has 2 atom stereocenters. The molecule has 43 heavy (non-hydrogen) atoms. The Morgan fingerprint density at radius 2 is 2.07 bits per heavy atom. The molecule has 0 aromatic carbocycles. The standard InChI is InChI=1S/C20H28N10O8S2.CH4N2/c1-22-5-2-6-23-7-11-8-24-29(27-11)9-13-15(17(32)30(13)40(35,36)37)26-16(31)14(12-10-39-19(21)25-12)28-38-20(3-4-20)18(33)34;2-1-3/h8,10,13,15,22-23H,2-7,9H2,1H3,(H2,21,25)(H,26,31)(H,33,34)(H,35,36,37);1H,(H3,2,3)/b28-14-;. The van der Waals surface area contributed by atoms with E-state index in [1.165, 1.54) is 11.6 Å². The average Bonchev–Trinajstić information content (AvgIpc) is 3.40. The molecule has 1 aliphatic heterocycles. The Labute approximate surface area is 249 Å². The minimum absolute atomic E-state index is 0.0447. The van der Waals surface area contributed by atoms with Crippen molar-refractivity contribution in [1.82, 2.24) is 40.2 Å². The third-order valence-corrected chi connectivity index (χ3v) is 7.73. The van der Waals surface area contributed by atoms with Crippen LogP contribution in [0.15, 0.2) is 16.7 Å². The number of β-lactam (4-membered cyclic amide) rings is 1. The Balaban J connectivity index is 0.00000162. The zero-order chi connectivity index (χ0) is 31.8. The number of amides is 2. The van der Waals surface area contributed by atoms with E-state index in [1.807, 2.05) is 7.05 Å². The van der Waals surface area contributed by atoms with Gasteiger partial charge in [-0.1, -0.05) is 5.16 Å². The molecule has 0 bridgehead atoms. The summed E-state index contributed by atoms with van der Waals surface area (Å²) in [4.78, 5) is 47.6. The number of hydrogen-bond acceptors (Lipinski definition) is 15. The van der Waals surface area contributed by atoms with Crippen molar-refractivity contribution < 1.29 is 37.3 Å². The first-order chi connectivity index (χ1) is 20.4. The summed E-state index contributed by atoms with van der Waals surface area (Å²) < 4.78 is 33.6. The van der Waals surface area contributed by atoms with Crippen LogP contribution in [0.1, 0.15) is 30.7 Å². The third-order valence-electron chi connectivity index (χ3n) is 6.11. The molecule has 2 aromatic heterocycles. The number of rotatable bonds is 15. The lowest BCUT2D eigenvalue weighted by Crippen LogP contribution is -2.73. The smallest absolute Gasteiger partial charge is 0.362 e. The van der Waals surface area contributed by atoms with Gasteiger partial charge in [-0.15, -0.1) is 11.3 Å². The molecule has 0 radical (unpaired) electrons. The second-order valence-corrected chi connectivity index (χ2v) is 11.4. The molecular formula is C21H32N12O8S2. The van der Waals surface area contributed by atoms with Crippen LogP contribution in [0.25, 0.3) is 0 Å². The van der Waals surface area contributed by atoms with Gasteiger partial charge >= 0.3 is 16.3 Å². The van der Waals surface area contributed by atoms with E-state index in [1.54, 1.807) is 0 Å². The highest BCUT2D eigenvalue weighted by Gasteiger charge is 2.56. The molecule has 1 aliphatic carbocycles. The zero-order valence-corrected chi connectivity index (χ0v) is 24.5. The maximum absolute atomic E-state index is 13.2. The Morgan fingerprint density at radius 3 is 2.63 bits per heavy atom. The number of oxime groups is 1. The summed E-state index contributed by atoms with van der Waals surface area (Å²) in [5.74, 6) is -3.38. The Kier molecular flexibility index (Phi) is 11.0. The highest BCUT2D eigenvalue weighted by molar-refractivity contribution is 7.84. The SMILES string of the molecule is CNCCCNCc1cnn(CC2C(NC(=O)/C(=N\OC3(C(=O)O)CC3)c3csc(N)n3)C(=O)N2S(=O)(=O)O)n1.N=CN. The van der Waals surface area contributed by atoms with Crippen molar-refractivity contribution in [2.24, 2.45) is 10.9 Å². The highest BCUT2D eigenvalue weighted by Crippen LogP contribution is 2.40. The molecule has 2 aliphatic rings. The number of aliphatic carboxylic acids is 1. The molecule has 1 saturated carbocycles. The maximum atomic E-state index is 13.2. The second-order valence-electron chi connectivity index (χ2n) is 9.22. The van der Waals surface area contributed by atoms with Crippen molar-refractivity contribution in [2.45, 2.75) is 50.0 Å². The minimum atomic E-state index is -4.97. The van der Waals surface area contributed by atoms with Crippen molar-refractivity contribution >= 4 is 56.6 Å². The first-order valence-electron chi connectivity index (χ1n) is 12.6. The predicted octanol–water partition coefficient (Wildman–Crippen LogP) is -2.90. The first kappa shape index (κ1) is 33.3. The van der Waals surface area contributed by atoms with Gasteiger partial charge in [-0.2, -0.15) is 23.4 Å². The summed E-state index contributed by atoms with van der Waals surface area (Å²) in [6.07, 6.45) is 3.45. The topological polar surface area (TPSA) is 306 Å². The second kappa shape index (κ2) is 14.3. The number of aromatic nitrogens is 4. The van der Waals surface area contributed by atoms with Crippen molar-refractivity contribution in [1.29, 1.82) is 5.41 Å². The van der Waals surface area contributed by atoms with Crippen LogP contribution in [0.4, 0.5) is 5.13 Å². The molecule has 2 fully saturated rings. The molecule has 20 nitrogen and oxygen atoms in total. The van der Waals surface area contributed by atoms with Crippen LogP contribution in [-0.2, 0) is 42.6 Å². The molecule has 4 rings (SSSR count). The Morgan fingerprint density at radius 1 is 1.37 bits per heavy atom. The number of nitrogen functional groups attached to an aromatic ring is 1. The van der Waals surface area contributed by atoms with Gasteiger partial charge in [0.1, 0.15) is 17.8 Å². The van der Waals surface area contributed by atoms with Crippen LogP contribution >= 0.6 is 11.3 Å². The number of thiazole rings is 1. The highest BCUT2D eigenvalue weighted by atomic mass is 32.2. The van der Waals surface area contributed by atoms with Crippen LogP contribution in [0, 0.1) is 5.41 Å². The molecule has 236 valence electrons. The van der Waals surface area contributed by atoms with E-state index in [-0.39, 0.29) is 34.5 Å². The van der Waals surface area contributed by atoms with E-state index in [9.17, 15) is 32.5 Å². The van der Waals surface area contributed by atoms with Gasteiger partial charge in [-0.25, -0.2) is 14.1 Å². The molecule has 2 amide bonds. The predicted molar refractivity (Wildman–Crippen MR) is 151 cm³/mol. The van der Waals surface area contributed by atoms with Crippen LogP contribution in [-0.4, -0.2) is 110 Å². The lowest BCUT2D eigenvalue weighted by atomic mass is 9.98. The molecular weight excluding hydrogens is 612 g/mol. The van der Waals surface area contributed by atoms with Crippen molar-refractivity contribution in [3.8, 4) is 0 Å². The summed E-state index contributed by atoms with van der Waals surface area (Å²) in [6.45, 7) is 1.67. The van der Waals surface area contributed by atoms with Gasteiger partial charge in [-0.3, -0.25) is 19.6 Å². The summed E-state index contributed by atoms with van der Waals surface area (Å²) in [5.41, 5.74) is 8.50. The van der Waals surface area contributed by atoms with Crippen LogP contribution in [0.5, 0.6) is 0 Å². The normalized spacial score (nSPS) is 19.1. The largest absolute Gasteiger partial charge is 0.478 e. The lowest BCUT2D eigenvalue weighted by molar-refractivity contribution is -0.153. The molecule has 1 saturated heterocycles. The van der Waals surface area contributed by atoms with Crippen molar-refractivity contribution in [2.75, 3.05) is 25.9 Å². The number of nitrogens with zero attached hydrogens (tertiary/aromatic N) is 6. The van der Waals surface area contributed by atoms with Gasteiger partial charge in [0, 0.05) is 24.8 Å². The minimum Gasteiger partial charge on any atom is -0.478 e. The van der Waals surface area contributed by atoms with Crippen LogP contribution in [0.3, 0.4) is 0 Å². The van der Waals surface area contributed by atoms with Crippen LogP contribution in [0.2, 0.25) is 0 Å². The maximum Gasteiger partial charge on any atom is 0.362 e. The van der Waals surface area contributed by atoms with E-state index < -0.39 is 51.5 Å². The molecule has 2 aromatic rings. The molecule has 3 heterocycles. The summed E-state index contributed by atoms with van der Waals surface area (Å²) in [5, 5.41) is 37.3. The van der Waals surface area contributed by atoms with Gasteiger partial charge in [0.05, 0.1) is 24.8 Å². The fourth-order valence-electron chi connectivity index (χ4n) is 3.82. The zero-order valence-electron chi connectivity index (χ0n) is 22.8. The number of nitrogens with two attached hydrogens (primary N) is 2. The fourth-order valence-corrected chi connectivity index (χ4v) is 5.24. The molecule has 22 heteroatoms. The summed E-state index contributed by atoms with van der Waals surface area (Å²) in [7, 11) is -3.12. The molecule has 2 unspecified atom stereocenters. The molecule has 0 spiro atoms. The van der Waals surface area contributed by atoms with Gasteiger partial charge in [0.2, 0.25) is 5.60 Å². The summed E-state index contributed by atoms with van der Waals surface area (Å²) in [6, 6.07) is -2.72. The van der Waals surface area contributed by atoms with Crippen molar-refractivity contribution in [3.05, 3.63) is 23.0 Å². The monoisotopic (exact) mass is 644 g/mol. The number of anilines is 1. The lowest BCUT2D eigenvalue weighted by Gasteiger charge is -2.43. The Hall–Kier alpha value is -4.25. The third kappa shape index (κ3) is 8.41. The Bertz CT molecular complexity index is 1460. The van der Waals surface area contributed by atoms with Gasteiger partial charge in [0.15, 0.2) is 10.8 Å². The van der Waals surface area contributed by atoms with E-state index in [0.717, 1.165) is 42.0 Å². The van der Waals surface area contributed by atoms with E-state index in [0.29, 0.717) is 12.2 Å². The van der Waals surface area contributed by atoms with Gasteiger partial charge < -0.3 is 37.4 Å². The van der Waals surface area contributed by atoms with E-state index in [2.05, 4.69) is 42.0 Å². The fraction of sp³-hybridized carbons (Fsp3) is 0.524. The van der Waals surface area contributed by atoms with Gasteiger partial charge in [0.25, 0.3) is 11.8 Å². The number of carbonyl (C=O) groups is 3. The number of carboxylic acid groups (broad SMARTS) is 1. The molecule has 10 N–H and O–H groups in total. The summed E-state index contributed by atoms with van der Waals surface area (Å²) >= 11 is 0.981. The number of carboxylic acids is 1. The van der Waals surface area contributed by atoms with E-state index in [4.69, 9.17) is 16.0 Å². The first-order valence-corrected chi connectivity index (χ1v) is 14.9. The van der Waals surface area contributed by atoms with Crippen molar-refractivity contribution in [3.63, 3.8) is 0 Å². The number of hydrogen-bond donors (Lipinski definition) is 8. The van der Waals surface area contributed by atoms with E-state index >= 15 is 0 Å².